The van der Waals surface area contributed by atoms with Gasteiger partial charge in [0, 0.05) is 36.4 Å². The maximum atomic E-state index is 12.7. The summed E-state index contributed by atoms with van der Waals surface area (Å²) < 4.78 is 62.3. The van der Waals surface area contributed by atoms with Crippen LogP contribution in [0.15, 0.2) is 12.7 Å². The van der Waals surface area contributed by atoms with E-state index in [1.165, 1.54) is 57.7 Å². The van der Waals surface area contributed by atoms with Crippen LogP contribution in [-0.4, -0.2) is 135 Å². The number of aliphatic hydroxyl groups is 3. The molecule has 0 saturated carbocycles. The highest BCUT2D eigenvalue weighted by Crippen LogP contribution is 2.61. The zero-order chi connectivity index (χ0) is 44.7. The first-order valence-electron chi connectivity index (χ1n) is 19.2. The number of hydrogen-bond acceptors (Lipinski definition) is 18. The number of aromatic nitrogens is 4. The molecule has 0 radical (unpaired) electrons. The van der Waals surface area contributed by atoms with Crippen molar-refractivity contribution in [3.05, 3.63) is 12.7 Å². The minimum Gasteiger partial charge on any atom is -0.392 e. The lowest BCUT2D eigenvalue weighted by Gasteiger charge is -2.30. The molecule has 3 heterocycles. The van der Waals surface area contributed by atoms with Crippen LogP contribution in [0.5, 0.6) is 0 Å². The van der Waals surface area contributed by atoms with Crippen LogP contribution < -0.4 is 16.4 Å². The average molecular weight is 938 g/mol. The molecule has 24 nitrogen and oxygen atoms in total. The molecule has 0 aliphatic carbocycles. The minimum atomic E-state index is -5.56. The first kappa shape index (κ1) is 52.2. The lowest BCUT2D eigenvalue weighted by Crippen LogP contribution is -2.46. The van der Waals surface area contributed by atoms with Crippen molar-refractivity contribution in [3.8, 4) is 0 Å². The minimum absolute atomic E-state index is 0.0357. The Morgan fingerprint density at radius 1 is 0.983 bits per heavy atom. The van der Waals surface area contributed by atoms with Crippen LogP contribution in [0.1, 0.15) is 84.8 Å². The fourth-order valence-electron chi connectivity index (χ4n) is 5.84. The van der Waals surface area contributed by atoms with Gasteiger partial charge in [-0.25, -0.2) is 28.6 Å². The SMILES string of the molecule is CCCCCCCCCC(O)CSCCNC(=O)CCNC(=O)C(O)C(C)(C)COP(=O)(O)OP(=O)(O)OCC1OC(n2cnc3c(N)ncnc32)C(O)C1OP(=O)(O)O. The van der Waals surface area contributed by atoms with Crippen LogP contribution in [0.25, 0.3) is 11.2 Å². The van der Waals surface area contributed by atoms with E-state index in [1.807, 2.05) is 0 Å². The number of imidazole rings is 1. The normalized spacial score (nSPS) is 21.6. The fourth-order valence-corrected chi connectivity index (χ4v) is 9.52. The molecule has 1 aliphatic heterocycles. The van der Waals surface area contributed by atoms with E-state index in [4.69, 9.17) is 19.5 Å². The number of carbonyl (C=O) groups excluding carboxylic acids is 2. The number of amides is 2. The lowest BCUT2D eigenvalue weighted by molar-refractivity contribution is -0.137. The van der Waals surface area contributed by atoms with Crippen molar-refractivity contribution in [2.24, 2.45) is 5.41 Å². The molecule has 1 saturated heterocycles. The van der Waals surface area contributed by atoms with Crippen LogP contribution in [0.3, 0.4) is 0 Å². The van der Waals surface area contributed by atoms with Gasteiger partial charge in [0.05, 0.1) is 25.6 Å². The van der Waals surface area contributed by atoms with E-state index in [9.17, 15) is 58.2 Å². The summed E-state index contributed by atoms with van der Waals surface area (Å²) in [6, 6.07) is 0. The summed E-state index contributed by atoms with van der Waals surface area (Å²) in [4.78, 5) is 75.9. The number of phosphoric ester groups is 3. The molecule has 1 aliphatic rings. The lowest BCUT2D eigenvalue weighted by atomic mass is 9.87. The molecule has 0 aromatic carbocycles. The zero-order valence-electron chi connectivity index (χ0n) is 33.6. The van der Waals surface area contributed by atoms with E-state index >= 15 is 0 Å². The van der Waals surface area contributed by atoms with Crippen LogP contribution in [0, 0.1) is 5.41 Å². The second kappa shape index (κ2) is 24.1. The second-order valence-corrected chi connectivity index (χ2v) is 20.1. The van der Waals surface area contributed by atoms with Gasteiger partial charge in [-0.2, -0.15) is 16.1 Å². The van der Waals surface area contributed by atoms with Crippen molar-refractivity contribution in [2.45, 2.75) is 115 Å². The molecule has 344 valence electrons. The Bertz CT molecular complexity index is 1820. The molecule has 0 spiro atoms. The molecular weight excluding hydrogens is 879 g/mol. The number of thioether (sulfide) groups is 1. The predicted octanol–water partition coefficient (Wildman–Crippen LogP) is 1.64. The average Bonchev–Trinajstić information content (AvgIpc) is 3.72. The number of fused-ring (bicyclic) bond motifs is 1. The van der Waals surface area contributed by atoms with Gasteiger partial charge in [0.2, 0.25) is 11.8 Å². The molecular formula is C32H58N7O17P3S. The Kier molecular flexibility index (Phi) is 20.9. The summed E-state index contributed by atoms with van der Waals surface area (Å²) in [5.74, 6) is -0.202. The number of nitrogen functional groups attached to an aromatic ring is 1. The fraction of sp³-hybridized carbons (Fsp3) is 0.781. The third kappa shape index (κ3) is 17.5. The zero-order valence-corrected chi connectivity index (χ0v) is 37.1. The third-order valence-electron chi connectivity index (χ3n) is 9.10. The molecule has 2 aromatic heterocycles. The number of rotatable bonds is 29. The molecule has 11 N–H and O–H groups in total. The van der Waals surface area contributed by atoms with Gasteiger partial charge in [-0.15, -0.1) is 0 Å². The highest BCUT2D eigenvalue weighted by molar-refractivity contribution is 7.99. The Balaban J connectivity index is 1.40. The van der Waals surface area contributed by atoms with Crippen molar-refractivity contribution in [1.29, 1.82) is 0 Å². The first-order valence-corrected chi connectivity index (χ1v) is 24.9. The summed E-state index contributed by atoms with van der Waals surface area (Å²) in [5.41, 5.74) is 4.30. The number of unbranched alkanes of at least 4 members (excludes halogenated alkanes) is 6. The third-order valence-corrected chi connectivity index (χ3v) is 13.3. The number of carbonyl (C=O) groups is 2. The molecule has 28 heteroatoms. The van der Waals surface area contributed by atoms with Crippen LogP contribution in [0.4, 0.5) is 5.82 Å². The Morgan fingerprint density at radius 2 is 1.65 bits per heavy atom. The van der Waals surface area contributed by atoms with E-state index in [-0.39, 0.29) is 35.9 Å². The highest BCUT2D eigenvalue weighted by atomic mass is 32.2. The van der Waals surface area contributed by atoms with Crippen LogP contribution in [-0.2, 0) is 45.9 Å². The van der Waals surface area contributed by atoms with Crippen molar-refractivity contribution in [1.82, 2.24) is 30.2 Å². The van der Waals surface area contributed by atoms with E-state index in [2.05, 4.69) is 41.3 Å². The molecule has 8 atom stereocenters. The largest absolute Gasteiger partial charge is 0.481 e. The number of hydrogen-bond donors (Lipinski definition) is 10. The van der Waals surface area contributed by atoms with Crippen molar-refractivity contribution < 1.29 is 80.8 Å². The van der Waals surface area contributed by atoms with Crippen LogP contribution >= 0.6 is 35.2 Å². The van der Waals surface area contributed by atoms with Gasteiger partial charge >= 0.3 is 23.5 Å². The standard InChI is InChI=1S/C32H58N7O17P3S/c1-4-5-6-7-8-9-10-11-21(40)17-60-15-14-34-23(41)12-13-35-30(44)27(43)32(2,3)18-53-59(50,51)56-58(48,49)52-16-22-26(55-57(45,46)47)25(42)31(54-22)39-20-38-24-28(33)36-19-37-29(24)39/h19-22,25-27,31,40,42-43H,4-18H2,1-3H3,(H,34,41)(H,35,44)(H,48,49)(H,50,51)(H2,33,36,37)(H2,45,46,47). The number of anilines is 1. The molecule has 60 heavy (non-hydrogen) atoms. The molecule has 8 unspecified atom stereocenters. The Labute approximate surface area is 351 Å². The first-order chi connectivity index (χ1) is 28.1. The van der Waals surface area contributed by atoms with E-state index in [0.717, 1.165) is 36.5 Å². The predicted molar refractivity (Wildman–Crippen MR) is 216 cm³/mol. The smallest absolute Gasteiger partial charge is 0.392 e. The van der Waals surface area contributed by atoms with Gasteiger partial charge < -0.3 is 56.0 Å². The summed E-state index contributed by atoms with van der Waals surface area (Å²) in [6.07, 6.45) is 1.73. The number of nitrogens with two attached hydrogens (primary N) is 1. The summed E-state index contributed by atoms with van der Waals surface area (Å²) in [5, 5.41) is 36.8. The van der Waals surface area contributed by atoms with E-state index in [1.54, 1.807) is 0 Å². The number of nitrogens with one attached hydrogen (secondary N) is 2. The Hall–Kier alpha value is -2.15. The number of ether oxygens (including phenoxy) is 1. The highest BCUT2D eigenvalue weighted by Gasteiger charge is 2.50. The summed E-state index contributed by atoms with van der Waals surface area (Å²) >= 11 is 1.52. The van der Waals surface area contributed by atoms with Crippen molar-refractivity contribution in [3.63, 3.8) is 0 Å². The molecule has 2 aromatic rings. The van der Waals surface area contributed by atoms with Gasteiger partial charge in [0.25, 0.3) is 0 Å². The summed E-state index contributed by atoms with van der Waals surface area (Å²) in [7, 11) is -16.4. The van der Waals surface area contributed by atoms with Gasteiger partial charge in [0.15, 0.2) is 17.7 Å². The van der Waals surface area contributed by atoms with E-state index < -0.39 is 84.8 Å². The van der Waals surface area contributed by atoms with Gasteiger partial charge in [0.1, 0.15) is 36.3 Å². The number of nitrogens with zero attached hydrogens (tertiary/aromatic N) is 4. The molecule has 0 bridgehead atoms. The maximum Gasteiger partial charge on any atom is 0.481 e. The Morgan fingerprint density at radius 3 is 2.33 bits per heavy atom. The molecule has 3 rings (SSSR count). The summed E-state index contributed by atoms with van der Waals surface area (Å²) in [6.45, 7) is 2.92. The quantitative estimate of drug-likeness (QED) is 0.0409. The molecule has 2 amide bonds. The second-order valence-electron chi connectivity index (χ2n) is 14.7. The van der Waals surface area contributed by atoms with Gasteiger partial charge in [-0.1, -0.05) is 65.7 Å². The maximum absolute atomic E-state index is 12.7. The van der Waals surface area contributed by atoms with Gasteiger partial charge in [-0.3, -0.25) is 27.7 Å². The van der Waals surface area contributed by atoms with E-state index in [0.29, 0.717) is 18.1 Å². The number of phosphoric acid groups is 3. The van der Waals surface area contributed by atoms with Crippen LogP contribution in [0.2, 0.25) is 0 Å². The van der Waals surface area contributed by atoms with Crippen molar-refractivity contribution >= 4 is 64.0 Å². The molecule has 1 fully saturated rings. The van der Waals surface area contributed by atoms with Crippen molar-refractivity contribution in [2.75, 3.05) is 43.5 Å². The number of aliphatic hydroxyl groups excluding tert-OH is 3. The topological polar surface area (TPSA) is 367 Å². The monoisotopic (exact) mass is 937 g/mol. The van der Waals surface area contributed by atoms with Gasteiger partial charge in [-0.05, 0) is 6.42 Å².